The Balaban J connectivity index is 1.25. The predicted octanol–water partition coefficient (Wildman–Crippen LogP) is 3.03. The monoisotopic (exact) mass is 354 g/mol. The van der Waals surface area contributed by atoms with Crippen LogP contribution in [-0.2, 0) is 20.9 Å². The van der Waals surface area contributed by atoms with Crippen molar-refractivity contribution < 1.29 is 18.7 Å². The normalized spacial score (nSPS) is 17.9. The predicted molar refractivity (Wildman–Crippen MR) is 93.8 cm³/mol. The summed E-state index contributed by atoms with van der Waals surface area (Å²) >= 11 is 0. The van der Waals surface area contributed by atoms with Gasteiger partial charge in [-0.25, -0.2) is 4.98 Å². The molecule has 1 saturated carbocycles. The zero-order chi connectivity index (χ0) is 17.9. The van der Waals surface area contributed by atoms with Gasteiger partial charge in [0.15, 0.2) is 0 Å². The molecule has 0 atom stereocenters. The molecule has 0 unspecified atom stereocenters. The molecule has 2 fully saturated rings. The van der Waals surface area contributed by atoms with E-state index in [-0.39, 0.29) is 30.3 Å². The van der Waals surface area contributed by atoms with E-state index in [1.54, 1.807) is 0 Å². The number of hydrogen-bond donors (Lipinski definition) is 0. The Morgan fingerprint density at radius 3 is 2.50 bits per heavy atom. The molecule has 26 heavy (non-hydrogen) atoms. The van der Waals surface area contributed by atoms with Crippen molar-refractivity contribution in [2.24, 2.45) is 11.8 Å². The van der Waals surface area contributed by atoms with Crippen molar-refractivity contribution in [3.63, 3.8) is 0 Å². The molecule has 1 aromatic carbocycles. The molecule has 1 aliphatic heterocycles. The van der Waals surface area contributed by atoms with E-state index >= 15 is 0 Å². The number of rotatable bonds is 5. The maximum absolute atomic E-state index is 12.3. The molecule has 1 aliphatic carbocycles. The standard InChI is InChI=1S/C20H22N2O4/c23-19(15-6-7-15)22-10-8-16(9-11-22)20(24)26-13-17-12-25-18(21-17)14-4-2-1-3-5-14/h1-5,12,15-16H,6-11,13H2. The number of oxazole rings is 1. The maximum atomic E-state index is 12.3. The van der Waals surface area contributed by atoms with Crippen LogP contribution in [0.5, 0.6) is 0 Å². The summed E-state index contributed by atoms with van der Waals surface area (Å²) in [5, 5.41) is 0. The SMILES string of the molecule is O=C(OCc1coc(-c2ccccc2)n1)C1CCN(C(=O)C2CC2)CC1. The lowest BCUT2D eigenvalue weighted by atomic mass is 9.97. The fourth-order valence-electron chi connectivity index (χ4n) is 3.27. The fraction of sp³-hybridized carbons (Fsp3) is 0.450. The number of nitrogens with zero attached hydrogens (tertiary/aromatic N) is 2. The lowest BCUT2D eigenvalue weighted by molar-refractivity contribution is -0.153. The minimum absolute atomic E-state index is 0.108. The van der Waals surface area contributed by atoms with Crippen LogP contribution < -0.4 is 0 Å². The molecule has 0 N–H and O–H groups in total. The number of aromatic nitrogens is 1. The first-order chi connectivity index (χ1) is 12.7. The molecule has 1 saturated heterocycles. The second-order valence-corrected chi connectivity index (χ2v) is 6.99. The van der Waals surface area contributed by atoms with Crippen LogP contribution >= 0.6 is 0 Å². The molecule has 2 aliphatic rings. The molecule has 4 rings (SSSR count). The van der Waals surface area contributed by atoms with E-state index in [0.717, 1.165) is 18.4 Å². The van der Waals surface area contributed by atoms with E-state index in [0.29, 0.717) is 37.5 Å². The van der Waals surface area contributed by atoms with Crippen molar-refractivity contribution in [1.82, 2.24) is 9.88 Å². The van der Waals surface area contributed by atoms with E-state index in [9.17, 15) is 9.59 Å². The van der Waals surface area contributed by atoms with Crippen molar-refractivity contribution in [2.75, 3.05) is 13.1 Å². The molecule has 6 heteroatoms. The molecule has 6 nitrogen and oxygen atoms in total. The third-order valence-corrected chi connectivity index (χ3v) is 5.00. The summed E-state index contributed by atoms with van der Waals surface area (Å²) in [4.78, 5) is 30.6. The Bertz CT molecular complexity index is 774. The third-order valence-electron chi connectivity index (χ3n) is 5.00. The summed E-state index contributed by atoms with van der Waals surface area (Å²) in [6, 6.07) is 9.59. The molecule has 2 heterocycles. The first-order valence-electron chi connectivity index (χ1n) is 9.16. The highest BCUT2D eigenvalue weighted by atomic mass is 16.5. The van der Waals surface area contributed by atoms with Crippen LogP contribution in [0.15, 0.2) is 41.0 Å². The number of hydrogen-bond acceptors (Lipinski definition) is 5. The molecule has 0 spiro atoms. The Labute approximate surface area is 152 Å². The average molecular weight is 354 g/mol. The van der Waals surface area contributed by atoms with Crippen LogP contribution in [0.4, 0.5) is 0 Å². The van der Waals surface area contributed by atoms with Gasteiger partial charge in [-0.3, -0.25) is 9.59 Å². The van der Waals surface area contributed by atoms with Gasteiger partial charge in [0.25, 0.3) is 0 Å². The van der Waals surface area contributed by atoms with Crippen LogP contribution in [-0.4, -0.2) is 34.8 Å². The Morgan fingerprint density at radius 1 is 1.08 bits per heavy atom. The molecule has 1 amide bonds. The van der Waals surface area contributed by atoms with Crippen molar-refractivity contribution >= 4 is 11.9 Å². The molecule has 0 radical (unpaired) electrons. The number of ether oxygens (including phenoxy) is 1. The summed E-state index contributed by atoms with van der Waals surface area (Å²) in [6.45, 7) is 1.41. The van der Waals surface area contributed by atoms with E-state index < -0.39 is 0 Å². The largest absolute Gasteiger partial charge is 0.459 e. The first kappa shape index (κ1) is 16.8. The van der Waals surface area contributed by atoms with E-state index in [1.165, 1.54) is 6.26 Å². The summed E-state index contributed by atoms with van der Waals surface area (Å²) in [5.41, 5.74) is 1.48. The topological polar surface area (TPSA) is 72.6 Å². The number of likely N-dealkylation sites (tertiary alicyclic amines) is 1. The Kier molecular flexibility index (Phi) is 4.73. The Morgan fingerprint density at radius 2 is 1.81 bits per heavy atom. The highest BCUT2D eigenvalue weighted by Gasteiger charge is 2.36. The fourth-order valence-corrected chi connectivity index (χ4v) is 3.27. The van der Waals surface area contributed by atoms with Gasteiger partial charge in [-0.15, -0.1) is 0 Å². The Hall–Kier alpha value is -2.63. The van der Waals surface area contributed by atoms with Crippen LogP contribution in [0, 0.1) is 11.8 Å². The second-order valence-electron chi connectivity index (χ2n) is 6.99. The van der Waals surface area contributed by atoms with Crippen molar-refractivity contribution in [2.45, 2.75) is 32.3 Å². The first-order valence-corrected chi connectivity index (χ1v) is 9.16. The van der Waals surface area contributed by atoms with Gasteiger partial charge >= 0.3 is 5.97 Å². The van der Waals surface area contributed by atoms with E-state index in [4.69, 9.17) is 9.15 Å². The molecular formula is C20H22N2O4. The minimum Gasteiger partial charge on any atom is -0.459 e. The third kappa shape index (κ3) is 3.79. The summed E-state index contributed by atoms with van der Waals surface area (Å²) < 4.78 is 10.9. The van der Waals surface area contributed by atoms with Crippen LogP contribution in [0.1, 0.15) is 31.4 Å². The summed E-state index contributed by atoms with van der Waals surface area (Å²) in [5.74, 6) is 0.660. The number of carbonyl (C=O) groups excluding carboxylic acids is 2. The second kappa shape index (κ2) is 7.32. The summed E-state index contributed by atoms with van der Waals surface area (Å²) in [6.07, 6.45) is 4.90. The van der Waals surface area contributed by atoms with Gasteiger partial charge in [-0.2, -0.15) is 0 Å². The van der Waals surface area contributed by atoms with E-state index in [2.05, 4.69) is 4.98 Å². The minimum atomic E-state index is -0.215. The van der Waals surface area contributed by atoms with E-state index in [1.807, 2.05) is 35.2 Å². The molecule has 2 aromatic rings. The van der Waals surface area contributed by atoms with Gasteiger partial charge < -0.3 is 14.1 Å². The highest BCUT2D eigenvalue weighted by Crippen LogP contribution is 2.32. The van der Waals surface area contributed by atoms with Crippen molar-refractivity contribution in [3.05, 3.63) is 42.3 Å². The van der Waals surface area contributed by atoms with Gasteiger partial charge in [0.2, 0.25) is 11.8 Å². The van der Waals surface area contributed by atoms with Gasteiger partial charge in [0.05, 0.1) is 5.92 Å². The lowest BCUT2D eigenvalue weighted by Crippen LogP contribution is -2.41. The van der Waals surface area contributed by atoms with Crippen LogP contribution in [0.2, 0.25) is 0 Å². The van der Waals surface area contributed by atoms with Crippen molar-refractivity contribution in [3.8, 4) is 11.5 Å². The quantitative estimate of drug-likeness (QED) is 0.772. The number of carbonyl (C=O) groups is 2. The molecule has 0 bridgehead atoms. The maximum Gasteiger partial charge on any atom is 0.309 e. The zero-order valence-corrected chi connectivity index (χ0v) is 14.6. The van der Waals surface area contributed by atoms with Gasteiger partial charge in [-0.05, 0) is 37.8 Å². The van der Waals surface area contributed by atoms with Crippen LogP contribution in [0.3, 0.4) is 0 Å². The smallest absolute Gasteiger partial charge is 0.309 e. The highest BCUT2D eigenvalue weighted by molar-refractivity contribution is 5.81. The van der Waals surface area contributed by atoms with Gasteiger partial charge in [0.1, 0.15) is 18.6 Å². The van der Waals surface area contributed by atoms with Gasteiger partial charge in [-0.1, -0.05) is 18.2 Å². The zero-order valence-electron chi connectivity index (χ0n) is 14.6. The average Bonchev–Trinajstić information content (AvgIpc) is 3.44. The lowest BCUT2D eigenvalue weighted by Gasteiger charge is -2.31. The molecule has 1 aromatic heterocycles. The number of benzene rings is 1. The summed E-state index contributed by atoms with van der Waals surface area (Å²) in [7, 11) is 0. The van der Waals surface area contributed by atoms with Crippen LogP contribution in [0.25, 0.3) is 11.5 Å². The molecular weight excluding hydrogens is 332 g/mol. The molecule has 136 valence electrons. The van der Waals surface area contributed by atoms with Gasteiger partial charge in [0, 0.05) is 24.6 Å². The van der Waals surface area contributed by atoms with Crippen molar-refractivity contribution in [1.29, 1.82) is 0 Å². The number of piperidine rings is 1. The number of amides is 1. The number of esters is 1.